The molecule has 0 saturated heterocycles. The molecule has 8 rings (SSSR count). The van der Waals surface area contributed by atoms with E-state index < -0.39 is 6.04 Å². The third kappa shape index (κ3) is 3.41. The van der Waals surface area contributed by atoms with Crippen molar-refractivity contribution in [1.29, 1.82) is 0 Å². The summed E-state index contributed by atoms with van der Waals surface area (Å²) in [4.78, 5) is 0. The molecule has 0 N–H and O–H groups in total. The zero-order valence-electron chi connectivity index (χ0n) is 25.9. The van der Waals surface area contributed by atoms with Crippen LogP contribution in [0.1, 0.15) is 6.85 Å². The Kier molecular flexibility index (Phi) is 3.89. The number of furan rings is 1. The van der Waals surface area contributed by atoms with E-state index in [0.717, 1.165) is 60.2 Å². The summed E-state index contributed by atoms with van der Waals surface area (Å²) in [7, 11) is 0. The lowest BCUT2D eigenvalue weighted by molar-refractivity contribution is 0.669. The minimum absolute atomic E-state index is 0.165. The van der Waals surface area contributed by atoms with E-state index >= 15 is 0 Å². The molecule has 8 aromatic rings. The molecule has 1 heteroatoms. The molecule has 0 unspecified atom stereocenters. The van der Waals surface area contributed by atoms with Gasteiger partial charge in [-0.1, -0.05) is 127 Å². The van der Waals surface area contributed by atoms with Gasteiger partial charge in [-0.2, -0.15) is 0 Å². The lowest BCUT2D eigenvalue weighted by Gasteiger charge is -2.19. The van der Waals surface area contributed by atoms with E-state index in [4.69, 9.17) is 11.3 Å². The molecule has 1 nitrogen and oxygen atoms in total. The lowest BCUT2D eigenvalue weighted by atomic mass is 9.83. The molecule has 7 aromatic carbocycles. The SMILES string of the molecule is [2H]c1c([2H])c([2H])c(-c2cc3c(cc2-c2c4ccccc4c(-c4ccccc4)c4ccccc24)oc2ccccc23)c([2H])c1[2H]. The summed E-state index contributed by atoms with van der Waals surface area (Å²) in [6.07, 6.45) is 0. The van der Waals surface area contributed by atoms with Gasteiger partial charge >= 0.3 is 0 Å². The average molecular weight is 502 g/mol. The molecular weight excluding hydrogens is 472 g/mol. The normalized spacial score (nSPS) is 13.4. The van der Waals surface area contributed by atoms with Crippen LogP contribution in [-0.2, 0) is 0 Å². The first-order chi connectivity index (χ1) is 21.4. The Morgan fingerprint density at radius 2 is 0.974 bits per heavy atom. The van der Waals surface area contributed by atoms with Crippen LogP contribution in [0, 0.1) is 0 Å². The monoisotopic (exact) mass is 501 g/mol. The molecule has 0 aliphatic rings. The van der Waals surface area contributed by atoms with E-state index in [1.807, 2.05) is 78.9 Å². The van der Waals surface area contributed by atoms with Gasteiger partial charge in [0.15, 0.2) is 0 Å². The molecule has 0 spiro atoms. The van der Waals surface area contributed by atoms with Crippen LogP contribution >= 0.6 is 0 Å². The first-order valence-electron chi connectivity index (χ1n) is 15.5. The summed E-state index contributed by atoms with van der Waals surface area (Å²) in [6.45, 7) is 0. The van der Waals surface area contributed by atoms with Gasteiger partial charge < -0.3 is 4.42 Å². The fraction of sp³-hybridized carbons (Fsp3) is 0. The predicted octanol–water partition coefficient (Wildman–Crippen LogP) is 10.9. The van der Waals surface area contributed by atoms with Gasteiger partial charge in [0, 0.05) is 10.8 Å². The van der Waals surface area contributed by atoms with Gasteiger partial charge in [0.2, 0.25) is 0 Å². The summed E-state index contributed by atoms with van der Waals surface area (Å²) in [5, 5.41) is 5.83. The first-order valence-corrected chi connectivity index (χ1v) is 13.0. The Hall–Kier alpha value is -5.14. The summed E-state index contributed by atoms with van der Waals surface area (Å²) >= 11 is 0. The van der Waals surface area contributed by atoms with Crippen molar-refractivity contribution >= 4 is 43.5 Å². The van der Waals surface area contributed by atoms with E-state index in [-0.39, 0.29) is 29.7 Å². The van der Waals surface area contributed by atoms with Crippen molar-refractivity contribution in [2.75, 3.05) is 0 Å². The molecule has 1 aromatic heterocycles. The van der Waals surface area contributed by atoms with Gasteiger partial charge in [-0.25, -0.2) is 0 Å². The first kappa shape index (κ1) is 17.4. The average Bonchev–Trinajstić information content (AvgIpc) is 3.43. The quantitative estimate of drug-likeness (QED) is 0.219. The Labute approximate surface area is 233 Å². The van der Waals surface area contributed by atoms with E-state index in [9.17, 15) is 0 Å². The van der Waals surface area contributed by atoms with Crippen LogP contribution in [-0.4, -0.2) is 0 Å². The topological polar surface area (TPSA) is 13.1 Å². The molecule has 39 heavy (non-hydrogen) atoms. The van der Waals surface area contributed by atoms with Crippen LogP contribution in [0.25, 0.3) is 76.9 Å². The van der Waals surface area contributed by atoms with Crippen molar-refractivity contribution in [3.8, 4) is 33.4 Å². The van der Waals surface area contributed by atoms with Crippen molar-refractivity contribution in [2.24, 2.45) is 0 Å². The summed E-state index contributed by atoms with van der Waals surface area (Å²) in [5.41, 5.74) is 5.99. The highest BCUT2D eigenvalue weighted by Gasteiger charge is 2.20. The number of benzene rings is 7. The third-order valence-corrected chi connectivity index (χ3v) is 7.55. The van der Waals surface area contributed by atoms with E-state index in [1.165, 1.54) is 0 Å². The van der Waals surface area contributed by atoms with Crippen LogP contribution in [0.3, 0.4) is 0 Å². The highest BCUT2D eigenvalue weighted by atomic mass is 16.3. The minimum atomic E-state index is -0.414. The maximum absolute atomic E-state index is 8.94. The zero-order valence-corrected chi connectivity index (χ0v) is 20.9. The third-order valence-electron chi connectivity index (χ3n) is 7.55. The molecule has 0 atom stereocenters. The summed E-state index contributed by atoms with van der Waals surface area (Å²) in [5.74, 6) is 0. The summed E-state index contributed by atoms with van der Waals surface area (Å²) in [6, 6.07) is 36.9. The lowest BCUT2D eigenvalue weighted by Crippen LogP contribution is -1.93. The number of rotatable bonds is 3. The van der Waals surface area contributed by atoms with Gasteiger partial charge in [0.25, 0.3) is 0 Å². The smallest absolute Gasteiger partial charge is 0.136 e. The Morgan fingerprint density at radius 1 is 0.410 bits per heavy atom. The summed E-state index contributed by atoms with van der Waals surface area (Å²) < 4.78 is 49.4. The van der Waals surface area contributed by atoms with E-state index in [1.54, 1.807) is 0 Å². The second-order valence-corrected chi connectivity index (χ2v) is 9.70. The highest BCUT2D eigenvalue weighted by Crippen LogP contribution is 2.47. The van der Waals surface area contributed by atoms with Gasteiger partial charge in [-0.05, 0) is 73.1 Å². The van der Waals surface area contributed by atoms with Gasteiger partial charge in [0.05, 0.1) is 6.85 Å². The Balaban J connectivity index is 1.60. The highest BCUT2D eigenvalue weighted by molar-refractivity contribution is 6.23. The Bertz CT molecular complexity index is 2360. The zero-order chi connectivity index (χ0) is 30.1. The molecule has 0 aliphatic carbocycles. The number of para-hydroxylation sites is 1. The van der Waals surface area contributed by atoms with Gasteiger partial charge in [-0.15, -0.1) is 0 Å². The predicted molar refractivity (Wildman–Crippen MR) is 165 cm³/mol. The number of fused-ring (bicyclic) bond motifs is 5. The molecular formula is C38H24O. The van der Waals surface area contributed by atoms with Crippen molar-refractivity contribution in [3.63, 3.8) is 0 Å². The molecule has 1 heterocycles. The minimum Gasteiger partial charge on any atom is -0.456 e. The maximum Gasteiger partial charge on any atom is 0.136 e. The van der Waals surface area contributed by atoms with E-state index in [2.05, 4.69) is 36.4 Å². The molecule has 0 radical (unpaired) electrons. The van der Waals surface area contributed by atoms with Crippen LogP contribution < -0.4 is 0 Å². The molecule has 0 aliphatic heterocycles. The van der Waals surface area contributed by atoms with Crippen LogP contribution in [0.15, 0.2) is 150 Å². The van der Waals surface area contributed by atoms with Crippen molar-refractivity contribution in [1.82, 2.24) is 0 Å². The maximum atomic E-state index is 8.94. The molecule has 182 valence electrons. The standard InChI is InChI=1S/C38H24O/c1-3-13-25(14-4-1)32-23-33-27-17-11-12-22-35(27)39-36(33)24-34(32)38-30-20-9-7-18-28(30)37(26-15-5-2-6-16-26)29-19-8-10-21-31(29)38/h1-24H/i1D,3D,4D,13D,14D. The van der Waals surface area contributed by atoms with Crippen LogP contribution in [0.4, 0.5) is 0 Å². The molecule has 0 saturated carbocycles. The number of hydrogen-bond acceptors (Lipinski definition) is 1. The Morgan fingerprint density at radius 3 is 1.64 bits per heavy atom. The fourth-order valence-corrected chi connectivity index (χ4v) is 5.90. The molecule has 0 bridgehead atoms. The fourth-order valence-electron chi connectivity index (χ4n) is 5.90. The second-order valence-electron chi connectivity index (χ2n) is 9.70. The van der Waals surface area contributed by atoms with Crippen LogP contribution in [0.5, 0.6) is 0 Å². The van der Waals surface area contributed by atoms with Crippen LogP contribution in [0.2, 0.25) is 0 Å². The van der Waals surface area contributed by atoms with Crippen molar-refractivity contribution < 1.29 is 11.3 Å². The van der Waals surface area contributed by atoms with E-state index in [0.29, 0.717) is 11.1 Å². The van der Waals surface area contributed by atoms with Gasteiger partial charge in [0.1, 0.15) is 11.2 Å². The van der Waals surface area contributed by atoms with Crippen molar-refractivity contribution in [3.05, 3.63) is 145 Å². The largest absolute Gasteiger partial charge is 0.456 e. The number of hydrogen-bond donors (Lipinski definition) is 0. The molecule has 0 amide bonds. The van der Waals surface area contributed by atoms with Gasteiger partial charge in [-0.3, -0.25) is 0 Å². The second kappa shape index (κ2) is 8.72. The molecule has 0 fully saturated rings. The van der Waals surface area contributed by atoms with Crippen molar-refractivity contribution in [2.45, 2.75) is 0 Å².